The molecule has 1 aliphatic heterocycles. The summed E-state index contributed by atoms with van der Waals surface area (Å²) in [7, 11) is 6.87. The average Bonchev–Trinajstić information content (AvgIpc) is 3.23. The molecule has 1 amide bonds. The number of rotatable bonds is 9. The van der Waals surface area contributed by atoms with E-state index in [-0.39, 0.29) is 16.9 Å². The molecule has 0 aliphatic carbocycles. The van der Waals surface area contributed by atoms with Crippen LogP contribution in [0, 0.1) is 0 Å². The summed E-state index contributed by atoms with van der Waals surface area (Å²) in [5, 5.41) is 11.6. The fraction of sp³-hybridized carbons (Fsp3) is 0.290. The van der Waals surface area contributed by atoms with Gasteiger partial charge < -0.3 is 24.4 Å². The van der Waals surface area contributed by atoms with Gasteiger partial charge in [-0.05, 0) is 74.0 Å². The molecule has 1 atom stereocenters. The second kappa shape index (κ2) is 11.5. The molecule has 0 saturated carbocycles. The molecule has 3 aromatic rings. The first-order chi connectivity index (χ1) is 18.7. The Balaban J connectivity index is 1.92. The zero-order valence-electron chi connectivity index (χ0n) is 23.3. The van der Waals surface area contributed by atoms with Gasteiger partial charge in [-0.1, -0.05) is 12.1 Å². The molecule has 0 radical (unpaired) electrons. The number of hydrogen-bond acceptors (Lipinski definition) is 7. The van der Waals surface area contributed by atoms with Crippen LogP contribution in [0.3, 0.4) is 0 Å². The minimum Gasteiger partial charge on any atom is -0.507 e. The lowest BCUT2D eigenvalue weighted by atomic mass is 9.94. The largest absolute Gasteiger partial charge is 0.507 e. The first-order valence-corrected chi connectivity index (χ1v) is 12.9. The van der Waals surface area contributed by atoms with Crippen LogP contribution in [0.25, 0.3) is 5.76 Å². The Bertz CT molecular complexity index is 1380. The number of methoxy groups -OCH3 is 2. The lowest BCUT2D eigenvalue weighted by molar-refractivity contribution is -0.132. The van der Waals surface area contributed by atoms with Crippen molar-refractivity contribution in [2.24, 2.45) is 0 Å². The molecular weight excluding hydrogens is 494 g/mol. The minimum absolute atomic E-state index is 0.0167. The van der Waals surface area contributed by atoms with Crippen LogP contribution in [0.15, 0.2) is 72.3 Å². The molecule has 8 heteroatoms. The highest BCUT2D eigenvalue weighted by Crippen LogP contribution is 2.44. The van der Waals surface area contributed by atoms with E-state index >= 15 is 0 Å². The smallest absolute Gasteiger partial charge is 0.300 e. The zero-order chi connectivity index (χ0) is 28.3. The first kappa shape index (κ1) is 27.6. The highest BCUT2D eigenvalue weighted by molar-refractivity contribution is 6.51. The molecule has 4 rings (SSSR count). The van der Waals surface area contributed by atoms with E-state index in [0.29, 0.717) is 22.7 Å². The summed E-state index contributed by atoms with van der Waals surface area (Å²) in [6, 6.07) is 19.2. The standard InChI is InChI=1S/C31H35N3O5/c1-7-33(8-2)22-13-15-23(16-14-22)34-28(20-9-11-21(12-10-20)32(3)4)27(30(36)31(34)37)29(35)25-19-24(38-5)17-18-26(25)39-6/h9-19,28,35H,7-8H2,1-6H3/b29-27+. The molecule has 1 N–H and O–H groups in total. The van der Waals surface area contributed by atoms with Crippen LogP contribution in [0.5, 0.6) is 11.5 Å². The Labute approximate surface area is 229 Å². The summed E-state index contributed by atoms with van der Waals surface area (Å²) < 4.78 is 10.8. The second-order valence-corrected chi connectivity index (χ2v) is 9.41. The molecule has 0 spiro atoms. The predicted octanol–water partition coefficient (Wildman–Crippen LogP) is 5.24. The summed E-state index contributed by atoms with van der Waals surface area (Å²) >= 11 is 0. The summed E-state index contributed by atoms with van der Waals surface area (Å²) in [4.78, 5) is 32.8. The van der Waals surface area contributed by atoms with Gasteiger partial charge in [0.25, 0.3) is 11.7 Å². The lowest BCUT2D eigenvalue weighted by Gasteiger charge is -2.27. The van der Waals surface area contributed by atoms with Gasteiger partial charge in [-0.2, -0.15) is 0 Å². The molecule has 8 nitrogen and oxygen atoms in total. The van der Waals surface area contributed by atoms with Gasteiger partial charge in [0.15, 0.2) is 0 Å². The van der Waals surface area contributed by atoms with E-state index in [0.717, 1.165) is 24.5 Å². The number of ether oxygens (including phenoxy) is 2. The normalized spacial score (nSPS) is 16.4. The van der Waals surface area contributed by atoms with Gasteiger partial charge in [0.1, 0.15) is 17.3 Å². The molecule has 3 aromatic carbocycles. The third kappa shape index (κ3) is 5.14. The number of carbonyl (C=O) groups excluding carboxylic acids is 2. The summed E-state index contributed by atoms with van der Waals surface area (Å²) in [6.45, 7) is 5.86. The van der Waals surface area contributed by atoms with E-state index in [2.05, 4.69) is 18.7 Å². The highest BCUT2D eigenvalue weighted by Gasteiger charge is 2.47. The Morgan fingerprint density at radius 3 is 2.03 bits per heavy atom. The summed E-state index contributed by atoms with van der Waals surface area (Å²) in [6.07, 6.45) is 0. The van der Waals surface area contributed by atoms with E-state index < -0.39 is 17.7 Å². The van der Waals surface area contributed by atoms with Gasteiger partial charge in [-0.3, -0.25) is 14.5 Å². The van der Waals surface area contributed by atoms with Gasteiger partial charge >= 0.3 is 0 Å². The average molecular weight is 530 g/mol. The van der Waals surface area contributed by atoms with Crippen LogP contribution >= 0.6 is 0 Å². The number of hydrogen-bond donors (Lipinski definition) is 1. The van der Waals surface area contributed by atoms with Crippen molar-refractivity contribution < 1.29 is 24.2 Å². The SMILES string of the molecule is CCN(CC)c1ccc(N2C(=O)C(=O)/C(=C(/O)c3cc(OC)ccc3OC)C2c2ccc(N(C)C)cc2)cc1. The van der Waals surface area contributed by atoms with Crippen LogP contribution in [-0.2, 0) is 9.59 Å². The third-order valence-corrected chi connectivity index (χ3v) is 7.09. The highest BCUT2D eigenvalue weighted by atomic mass is 16.5. The van der Waals surface area contributed by atoms with Crippen molar-refractivity contribution >= 4 is 34.5 Å². The van der Waals surface area contributed by atoms with Crippen molar-refractivity contribution in [2.75, 3.05) is 56.1 Å². The molecule has 1 heterocycles. The number of benzene rings is 3. The van der Waals surface area contributed by atoms with Crippen LogP contribution < -0.4 is 24.2 Å². The van der Waals surface area contributed by atoms with Crippen LogP contribution in [0.4, 0.5) is 17.1 Å². The molecule has 0 aromatic heterocycles. The Hall–Kier alpha value is -4.46. The van der Waals surface area contributed by atoms with Crippen LogP contribution in [0.1, 0.15) is 31.0 Å². The Morgan fingerprint density at radius 2 is 1.49 bits per heavy atom. The maximum atomic E-state index is 13.6. The Morgan fingerprint density at radius 1 is 0.872 bits per heavy atom. The van der Waals surface area contributed by atoms with Gasteiger partial charge in [0.2, 0.25) is 0 Å². The first-order valence-electron chi connectivity index (χ1n) is 12.9. The second-order valence-electron chi connectivity index (χ2n) is 9.41. The van der Waals surface area contributed by atoms with Crippen molar-refractivity contribution in [1.82, 2.24) is 0 Å². The fourth-order valence-corrected chi connectivity index (χ4v) is 4.93. The number of aliphatic hydroxyl groups excluding tert-OH is 1. The summed E-state index contributed by atoms with van der Waals surface area (Å²) in [5.74, 6) is -0.981. The van der Waals surface area contributed by atoms with Crippen molar-refractivity contribution in [3.63, 3.8) is 0 Å². The molecule has 204 valence electrons. The maximum Gasteiger partial charge on any atom is 0.300 e. The van der Waals surface area contributed by atoms with Crippen molar-refractivity contribution in [2.45, 2.75) is 19.9 Å². The van der Waals surface area contributed by atoms with Crippen LogP contribution in [0.2, 0.25) is 0 Å². The van der Waals surface area contributed by atoms with Crippen LogP contribution in [-0.4, -0.2) is 58.2 Å². The van der Waals surface area contributed by atoms with Gasteiger partial charge in [0.05, 0.1) is 31.4 Å². The lowest BCUT2D eigenvalue weighted by Crippen LogP contribution is -2.29. The predicted molar refractivity (Wildman–Crippen MR) is 155 cm³/mol. The van der Waals surface area contributed by atoms with Crippen molar-refractivity contribution in [1.29, 1.82) is 0 Å². The van der Waals surface area contributed by atoms with E-state index in [9.17, 15) is 14.7 Å². The number of carbonyl (C=O) groups is 2. The number of ketones is 1. The van der Waals surface area contributed by atoms with E-state index in [1.54, 1.807) is 18.2 Å². The van der Waals surface area contributed by atoms with E-state index in [4.69, 9.17) is 9.47 Å². The number of aliphatic hydroxyl groups is 1. The molecule has 0 bridgehead atoms. The number of nitrogens with zero attached hydrogens (tertiary/aromatic N) is 3. The number of amides is 1. The molecule has 1 fully saturated rings. The number of anilines is 3. The molecule has 1 aliphatic rings. The monoisotopic (exact) mass is 529 g/mol. The van der Waals surface area contributed by atoms with Gasteiger partial charge in [-0.15, -0.1) is 0 Å². The summed E-state index contributed by atoms with van der Waals surface area (Å²) in [5.41, 5.74) is 3.49. The quantitative estimate of drug-likeness (QED) is 0.231. The third-order valence-electron chi connectivity index (χ3n) is 7.09. The topological polar surface area (TPSA) is 82.6 Å². The fourth-order valence-electron chi connectivity index (χ4n) is 4.93. The van der Waals surface area contributed by atoms with Gasteiger partial charge in [0, 0.05) is 44.2 Å². The molecule has 1 unspecified atom stereocenters. The van der Waals surface area contributed by atoms with E-state index in [1.807, 2.05) is 67.5 Å². The zero-order valence-corrected chi connectivity index (χ0v) is 23.3. The van der Waals surface area contributed by atoms with Crippen molar-refractivity contribution in [3.8, 4) is 11.5 Å². The number of Topliss-reactive ketones (excluding diaryl/α,β-unsaturated/α-hetero) is 1. The van der Waals surface area contributed by atoms with E-state index in [1.165, 1.54) is 19.1 Å². The van der Waals surface area contributed by atoms with Gasteiger partial charge in [-0.25, -0.2) is 0 Å². The molecule has 1 saturated heterocycles. The maximum absolute atomic E-state index is 13.6. The molecule has 39 heavy (non-hydrogen) atoms. The Kier molecular flexibility index (Phi) is 8.14. The molecular formula is C31H35N3O5. The van der Waals surface area contributed by atoms with Crippen molar-refractivity contribution in [3.05, 3.63) is 83.4 Å². The minimum atomic E-state index is -0.851.